The third-order valence-corrected chi connectivity index (χ3v) is 4.31. The molecule has 17 heavy (non-hydrogen) atoms. The van der Waals surface area contributed by atoms with Gasteiger partial charge in [0.05, 0.1) is 0 Å². The van der Waals surface area contributed by atoms with Gasteiger partial charge in [0.25, 0.3) is 5.91 Å². The maximum Gasteiger partial charge on any atom is 0.293 e. The lowest BCUT2D eigenvalue weighted by atomic mass is 9.84. The first kappa shape index (κ1) is 12.5. The van der Waals surface area contributed by atoms with Crippen molar-refractivity contribution in [2.24, 2.45) is 18.4 Å². The number of carbonyl (C=O) groups excluding carboxylic acids is 1. The van der Waals surface area contributed by atoms with Gasteiger partial charge < -0.3 is 4.90 Å². The number of nitrogens with zero attached hydrogens (tertiary/aromatic N) is 4. The van der Waals surface area contributed by atoms with Gasteiger partial charge in [0.1, 0.15) is 0 Å². The number of likely N-dealkylation sites (tertiary alicyclic amines) is 1. The number of hydrogen-bond acceptors (Lipinski definition) is 3. The van der Waals surface area contributed by atoms with E-state index in [2.05, 4.69) is 46.8 Å². The molecule has 1 saturated heterocycles. The predicted molar refractivity (Wildman–Crippen MR) is 67.6 cm³/mol. The number of hydrogen-bond donors (Lipinski definition) is 0. The fourth-order valence-electron chi connectivity index (χ4n) is 2.04. The lowest BCUT2D eigenvalue weighted by Gasteiger charge is -2.21. The molecule has 1 aromatic heterocycles. The number of halogens is 1. The molecule has 1 atom stereocenters. The summed E-state index contributed by atoms with van der Waals surface area (Å²) in [5.41, 5.74) is 0.168. The molecule has 1 unspecified atom stereocenters. The topological polar surface area (TPSA) is 51.0 Å². The maximum absolute atomic E-state index is 12.2. The standard InChI is InChI=1S/C11H17BrN4O/c1-7-5-16(6-11(7,2)3)9(17)8-13-10(12)15(4)14-8/h7H,5-6H2,1-4H3. The summed E-state index contributed by atoms with van der Waals surface area (Å²) in [4.78, 5) is 18.2. The molecule has 0 spiro atoms. The first-order chi connectivity index (χ1) is 7.81. The van der Waals surface area contributed by atoms with Gasteiger partial charge in [-0.3, -0.25) is 4.79 Å². The minimum absolute atomic E-state index is 0.0799. The van der Waals surface area contributed by atoms with Crippen LogP contribution in [-0.2, 0) is 7.05 Å². The van der Waals surface area contributed by atoms with Gasteiger partial charge in [0.15, 0.2) is 4.73 Å². The van der Waals surface area contributed by atoms with Crippen LogP contribution in [0.5, 0.6) is 0 Å². The van der Waals surface area contributed by atoms with E-state index in [0.29, 0.717) is 10.7 Å². The van der Waals surface area contributed by atoms with Crippen molar-refractivity contribution in [1.82, 2.24) is 19.7 Å². The normalized spacial score (nSPS) is 23.1. The Morgan fingerprint density at radius 2 is 2.18 bits per heavy atom. The molecule has 5 nitrogen and oxygen atoms in total. The van der Waals surface area contributed by atoms with Crippen LogP contribution in [0.1, 0.15) is 31.4 Å². The largest absolute Gasteiger partial charge is 0.335 e. The quantitative estimate of drug-likeness (QED) is 0.793. The molecule has 0 aliphatic carbocycles. The number of rotatable bonds is 1. The SMILES string of the molecule is CC1CN(C(=O)c2nc(Br)n(C)n2)CC1(C)C. The summed E-state index contributed by atoms with van der Waals surface area (Å²) in [7, 11) is 1.75. The Hall–Kier alpha value is -0.910. The van der Waals surface area contributed by atoms with Crippen LogP contribution in [0.2, 0.25) is 0 Å². The molecule has 94 valence electrons. The van der Waals surface area contributed by atoms with Gasteiger partial charge in [0, 0.05) is 20.1 Å². The predicted octanol–water partition coefficient (Wildman–Crippen LogP) is 1.70. The zero-order chi connectivity index (χ0) is 12.8. The van der Waals surface area contributed by atoms with Gasteiger partial charge in [-0.1, -0.05) is 20.8 Å². The van der Waals surface area contributed by atoms with Crippen molar-refractivity contribution in [1.29, 1.82) is 0 Å². The van der Waals surface area contributed by atoms with Crippen LogP contribution < -0.4 is 0 Å². The second-order valence-electron chi connectivity index (χ2n) is 5.40. The molecular formula is C11H17BrN4O. The van der Waals surface area contributed by atoms with E-state index in [0.717, 1.165) is 13.1 Å². The molecule has 2 rings (SSSR count). The summed E-state index contributed by atoms with van der Waals surface area (Å²) in [5.74, 6) is 0.687. The first-order valence-electron chi connectivity index (χ1n) is 5.67. The van der Waals surface area contributed by atoms with E-state index in [1.54, 1.807) is 11.7 Å². The highest BCUT2D eigenvalue weighted by molar-refractivity contribution is 9.10. The number of carbonyl (C=O) groups is 1. The van der Waals surface area contributed by atoms with Crippen molar-refractivity contribution >= 4 is 21.8 Å². The maximum atomic E-state index is 12.2. The highest BCUT2D eigenvalue weighted by atomic mass is 79.9. The fourth-order valence-corrected chi connectivity index (χ4v) is 2.29. The summed E-state index contributed by atoms with van der Waals surface area (Å²) in [5, 5.41) is 4.09. The van der Waals surface area contributed by atoms with Crippen LogP contribution >= 0.6 is 15.9 Å². The van der Waals surface area contributed by atoms with Crippen molar-refractivity contribution in [2.45, 2.75) is 20.8 Å². The second kappa shape index (κ2) is 4.08. The van der Waals surface area contributed by atoms with Gasteiger partial charge in [-0.25, -0.2) is 4.68 Å². The van der Waals surface area contributed by atoms with E-state index in [9.17, 15) is 4.79 Å². The van der Waals surface area contributed by atoms with Crippen LogP contribution in [0.15, 0.2) is 4.73 Å². The van der Waals surface area contributed by atoms with E-state index >= 15 is 0 Å². The minimum Gasteiger partial charge on any atom is -0.335 e. The highest BCUT2D eigenvalue weighted by Crippen LogP contribution is 2.35. The molecule has 0 radical (unpaired) electrons. The molecule has 1 aliphatic heterocycles. The van der Waals surface area contributed by atoms with Crippen LogP contribution in [0.4, 0.5) is 0 Å². The average Bonchev–Trinajstić information content (AvgIpc) is 2.69. The van der Waals surface area contributed by atoms with E-state index in [1.807, 2.05) is 4.90 Å². The Bertz CT molecular complexity index is 435. The Morgan fingerprint density at radius 1 is 1.53 bits per heavy atom. The Morgan fingerprint density at radius 3 is 2.59 bits per heavy atom. The van der Waals surface area contributed by atoms with E-state index in [-0.39, 0.29) is 17.1 Å². The summed E-state index contributed by atoms with van der Waals surface area (Å²) >= 11 is 3.25. The Kier molecular flexibility index (Phi) is 3.01. The molecule has 0 N–H and O–H groups in total. The van der Waals surface area contributed by atoms with Crippen LogP contribution in [0, 0.1) is 11.3 Å². The van der Waals surface area contributed by atoms with Crippen LogP contribution in [0.3, 0.4) is 0 Å². The third-order valence-electron chi connectivity index (χ3n) is 3.62. The fraction of sp³-hybridized carbons (Fsp3) is 0.727. The molecule has 2 heterocycles. The van der Waals surface area contributed by atoms with E-state index in [1.165, 1.54) is 0 Å². The summed E-state index contributed by atoms with van der Waals surface area (Å²) in [6.45, 7) is 8.10. The molecule has 1 aromatic rings. The van der Waals surface area contributed by atoms with Gasteiger partial charge in [-0.2, -0.15) is 4.98 Å². The third kappa shape index (κ3) is 2.22. The lowest BCUT2D eigenvalue weighted by molar-refractivity contribution is 0.0765. The Labute approximate surface area is 109 Å². The molecule has 0 saturated carbocycles. The number of aryl methyl sites for hydroxylation is 1. The van der Waals surface area contributed by atoms with E-state index < -0.39 is 0 Å². The van der Waals surface area contributed by atoms with Crippen molar-refractivity contribution in [3.63, 3.8) is 0 Å². The zero-order valence-corrected chi connectivity index (χ0v) is 12.2. The second-order valence-corrected chi connectivity index (χ2v) is 6.11. The van der Waals surface area contributed by atoms with Crippen molar-refractivity contribution in [2.75, 3.05) is 13.1 Å². The molecule has 0 aromatic carbocycles. The monoisotopic (exact) mass is 300 g/mol. The number of amides is 1. The van der Waals surface area contributed by atoms with E-state index in [4.69, 9.17) is 0 Å². The molecule has 6 heteroatoms. The zero-order valence-electron chi connectivity index (χ0n) is 10.6. The van der Waals surface area contributed by atoms with Crippen molar-refractivity contribution in [3.8, 4) is 0 Å². The highest BCUT2D eigenvalue weighted by Gasteiger charge is 2.39. The average molecular weight is 301 g/mol. The van der Waals surface area contributed by atoms with Crippen molar-refractivity contribution in [3.05, 3.63) is 10.6 Å². The van der Waals surface area contributed by atoms with Gasteiger partial charge in [0.2, 0.25) is 5.82 Å². The minimum atomic E-state index is -0.0799. The smallest absolute Gasteiger partial charge is 0.293 e. The Balaban J connectivity index is 2.17. The molecular weight excluding hydrogens is 284 g/mol. The molecule has 1 fully saturated rings. The first-order valence-corrected chi connectivity index (χ1v) is 6.46. The molecule has 0 bridgehead atoms. The number of aromatic nitrogens is 3. The van der Waals surface area contributed by atoms with Gasteiger partial charge in [-0.05, 0) is 27.3 Å². The van der Waals surface area contributed by atoms with Gasteiger partial charge in [-0.15, -0.1) is 5.10 Å². The lowest BCUT2D eigenvalue weighted by Crippen LogP contribution is -2.31. The summed E-state index contributed by atoms with van der Waals surface area (Å²) in [6.07, 6.45) is 0. The van der Waals surface area contributed by atoms with Crippen LogP contribution in [-0.4, -0.2) is 38.7 Å². The summed E-state index contributed by atoms with van der Waals surface area (Å²) < 4.78 is 2.13. The van der Waals surface area contributed by atoms with Crippen LogP contribution in [0.25, 0.3) is 0 Å². The molecule has 1 amide bonds. The molecule has 1 aliphatic rings. The van der Waals surface area contributed by atoms with Gasteiger partial charge >= 0.3 is 0 Å². The van der Waals surface area contributed by atoms with Crippen molar-refractivity contribution < 1.29 is 4.79 Å². The summed E-state index contributed by atoms with van der Waals surface area (Å²) in [6, 6.07) is 0.